The molecule has 0 atom stereocenters. The highest BCUT2D eigenvalue weighted by molar-refractivity contribution is 7.20. The second kappa shape index (κ2) is 7.31. The summed E-state index contributed by atoms with van der Waals surface area (Å²) >= 11 is 1.27. The first kappa shape index (κ1) is 16.3. The van der Waals surface area contributed by atoms with Crippen molar-refractivity contribution < 1.29 is 18.7 Å². The lowest BCUT2D eigenvalue weighted by Gasteiger charge is -2.10. The average Bonchev–Trinajstić information content (AvgIpc) is 3.02. The largest absolute Gasteiger partial charge is 0.493 e. The van der Waals surface area contributed by atoms with Gasteiger partial charge in [0.15, 0.2) is 11.5 Å². The van der Waals surface area contributed by atoms with E-state index in [-0.39, 0.29) is 11.7 Å². The number of benzene rings is 2. The van der Waals surface area contributed by atoms with Crippen molar-refractivity contribution in [3.8, 4) is 11.5 Å². The number of thiophene rings is 1. The van der Waals surface area contributed by atoms with Crippen molar-refractivity contribution in [2.45, 2.75) is 0 Å². The van der Waals surface area contributed by atoms with Crippen molar-refractivity contribution in [3.63, 3.8) is 0 Å². The van der Waals surface area contributed by atoms with Crippen LogP contribution in [0.15, 0.2) is 48.5 Å². The molecule has 0 bridgehead atoms. The third-order valence-corrected chi connectivity index (χ3v) is 4.52. The Hall–Kier alpha value is -2.60. The molecule has 24 heavy (non-hydrogen) atoms. The zero-order valence-electron chi connectivity index (χ0n) is 13.0. The molecule has 4 nitrogen and oxygen atoms in total. The van der Waals surface area contributed by atoms with Crippen LogP contribution in [-0.4, -0.2) is 26.2 Å². The van der Waals surface area contributed by atoms with Gasteiger partial charge < -0.3 is 14.8 Å². The quantitative estimate of drug-likeness (QED) is 0.690. The molecule has 0 radical (unpaired) electrons. The lowest BCUT2D eigenvalue weighted by Crippen LogP contribution is -2.27. The Kier molecular flexibility index (Phi) is 4.96. The summed E-state index contributed by atoms with van der Waals surface area (Å²) in [4.78, 5) is 12.7. The van der Waals surface area contributed by atoms with Crippen LogP contribution in [0.5, 0.6) is 11.5 Å². The second-order valence-electron chi connectivity index (χ2n) is 5.05. The summed E-state index contributed by atoms with van der Waals surface area (Å²) < 4.78 is 24.8. The van der Waals surface area contributed by atoms with E-state index in [1.807, 2.05) is 18.2 Å². The van der Waals surface area contributed by atoms with Crippen molar-refractivity contribution in [3.05, 3.63) is 59.2 Å². The number of methoxy groups -OCH3 is 1. The molecular formula is C18H16FNO3S. The number of amides is 1. The fraction of sp³-hybridized carbons (Fsp3) is 0.167. The zero-order valence-corrected chi connectivity index (χ0v) is 13.9. The number of ether oxygens (including phenoxy) is 2. The minimum Gasteiger partial charge on any atom is -0.493 e. The predicted molar refractivity (Wildman–Crippen MR) is 92.6 cm³/mol. The van der Waals surface area contributed by atoms with Crippen molar-refractivity contribution >= 4 is 27.3 Å². The van der Waals surface area contributed by atoms with Crippen LogP contribution in [0.4, 0.5) is 4.39 Å². The van der Waals surface area contributed by atoms with Gasteiger partial charge in [0.25, 0.3) is 5.91 Å². The Morgan fingerprint density at radius 3 is 2.75 bits per heavy atom. The first-order chi connectivity index (χ1) is 11.7. The number of fused-ring (bicyclic) bond motifs is 1. The van der Waals surface area contributed by atoms with E-state index in [4.69, 9.17) is 9.47 Å². The number of hydrogen-bond acceptors (Lipinski definition) is 4. The highest BCUT2D eigenvalue weighted by atomic mass is 32.1. The molecule has 3 rings (SSSR count). The number of rotatable bonds is 6. The van der Waals surface area contributed by atoms with Gasteiger partial charge in [0.1, 0.15) is 12.4 Å². The molecule has 0 saturated heterocycles. The maximum absolute atomic E-state index is 13.2. The molecule has 2 aromatic carbocycles. The standard InChI is InChI=1S/C18H16FNO3S/c1-22-14-4-2-3-5-15(14)23-9-8-20-18(21)17-10-12-6-7-13(19)11-16(12)24-17/h2-7,10-11H,8-9H2,1H3,(H,20,21). The van der Waals surface area contributed by atoms with Gasteiger partial charge in [-0.05, 0) is 35.7 Å². The summed E-state index contributed by atoms with van der Waals surface area (Å²) in [5.74, 6) is 0.781. The van der Waals surface area contributed by atoms with Crippen LogP contribution in [0.1, 0.15) is 9.67 Å². The molecule has 0 aliphatic carbocycles. The van der Waals surface area contributed by atoms with E-state index in [9.17, 15) is 9.18 Å². The highest BCUT2D eigenvalue weighted by Crippen LogP contribution is 2.27. The first-order valence-corrected chi connectivity index (χ1v) is 8.22. The lowest BCUT2D eigenvalue weighted by atomic mass is 10.2. The van der Waals surface area contributed by atoms with Gasteiger partial charge in [-0.3, -0.25) is 4.79 Å². The molecule has 1 aromatic heterocycles. The maximum atomic E-state index is 13.2. The molecule has 0 spiro atoms. The predicted octanol–water partition coefficient (Wildman–Crippen LogP) is 3.86. The zero-order chi connectivity index (χ0) is 16.9. The molecule has 6 heteroatoms. The normalized spacial score (nSPS) is 10.6. The van der Waals surface area contributed by atoms with Crippen LogP contribution in [0.2, 0.25) is 0 Å². The van der Waals surface area contributed by atoms with Gasteiger partial charge in [0.05, 0.1) is 18.5 Å². The highest BCUT2D eigenvalue weighted by Gasteiger charge is 2.10. The minimum atomic E-state index is -0.304. The Labute approximate surface area is 142 Å². The smallest absolute Gasteiger partial charge is 0.261 e. The van der Waals surface area contributed by atoms with Crippen LogP contribution in [0, 0.1) is 5.82 Å². The topological polar surface area (TPSA) is 47.6 Å². The van der Waals surface area contributed by atoms with E-state index in [0.717, 1.165) is 10.1 Å². The molecule has 1 amide bonds. The summed E-state index contributed by atoms with van der Waals surface area (Å²) in [6, 6.07) is 13.6. The van der Waals surface area contributed by atoms with E-state index in [2.05, 4.69) is 5.32 Å². The summed E-state index contributed by atoms with van der Waals surface area (Å²) in [7, 11) is 1.58. The van der Waals surface area contributed by atoms with E-state index in [0.29, 0.717) is 29.5 Å². The fourth-order valence-corrected chi connectivity index (χ4v) is 3.27. The van der Waals surface area contributed by atoms with E-state index >= 15 is 0 Å². The Morgan fingerprint density at radius 2 is 1.96 bits per heavy atom. The number of para-hydroxylation sites is 2. The SMILES string of the molecule is COc1ccccc1OCCNC(=O)c1cc2ccc(F)cc2s1. The van der Waals surface area contributed by atoms with Crippen molar-refractivity contribution in [2.75, 3.05) is 20.3 Å². The van der Waals surface area contributed by atoms with E-state index in [1.165, 1.54) is 23.5 Å². The number of halogens is 1. The Bertz CT molecular complexity index is 862. The van der Waals surface area contributed by atoms with Crippen molar-refractivity contribution in [1.82, 2.24) is 5.32 Å². The third kappa shape index (κ3) is 3.65. The van der Waals surface area contributed by atoms with Gasteiger partial charge in [-0.1, -0.05) is 18.2 Å². The molecule has 0 saturated carbocycles. The lowest BCUT2D eigenvalue weighted by molar-refractivity contribution is 0.0951. The Morgan fingerprint density at radius 1 is 1.17 bits per heavy atom. The maximum Gasteiger partial charge on any atom is 0.261 e. The van der Waals surface area contributed by atoms with Gasteiger partial charge in [-0.2, -0.15) is 0 Å². The van der Waals surface area contributed by atoms with Crippen molar-refractivity contribution in [2.24, 2.45) is 0 Å². The number of carbonyl (C=O) groups excluding carboxylic acids is 1. The monoisotopic (exact) mass is 345 g/mol. The third-order valence-electron chi connectivity index (χ3n) is 3.42. The van der Waals surface area contributed by atoms with Crippen LogP contribution in [0.25, 0.3) is 10.1 Å². The number of carbonyl (C=O) groups is 1. The summed E-state index contributed by atoms with van der Waals surface area (Å²) in [6.45, 7) is 0.686. The van der Waals surface area contributed by atoms with Crippen LogP contribution >= 0.6 is 11.3 Å². The molecule has 0 unspecified atom stereocenters. The summed E-state index contributed by atoms with van der Waals surface area (Å²) in [5, 5.41) is 3.65. The molecule has 0 fully saturated rings. The summed E-state index contributed by atoms with van der Waals surface area (Å²) in [6.07, 6.45) is 0. The number of nitrogens with one attached hydrogen (secondary N) is 1. The second-order valence-corrected chi connectivity index (χ2v) is 6.13. The summed E-state index contributed by atoms with van der Waals surface area (Å²) in [5.41, 5.74) is 0. The van der Waals surface area contributed by atoms with Gasteiger partial charge in [-0.15, -0.1) is 11.3 Å². The average molecular weight is 345 g/mol. The molecule has 1 heterocycles. The van der Waals surface area contributed by atoms with Gasteiger partial charge in [-0.25, -0.2) is 4.39 Å². The van der Waals surface area contributed by atoms with Gasteiger partial charge in [0, 0.05) is 4.70 Å². The van der Waals surface area contributed by atoms with Gasteiger partial charge >= 0.3 is 0 Å². The van der Waals surface area contributed by atoms with Crippen LogP contribution in [-0.2, 0) is 0 Å². The molecule has 124 valence electrons. The molecule has 3 aromatic rings. The minimum absolute atomic E-state index is 0.194. The van der Waals surface area contributed by atoms with E-state index in [1.54, 1.807) is 25.3 Å². The fourth-order valence-electron chi connectivity index (χ4n) is 2.27. The molecule has 1 N–H and O–H groups in total. The van der Waals surface area contributed by atoms with Crippen LogP contribution < -0.4 is 14.8 Å². The van der Waals surface area contributed by atoms with Crippen molar-refractivity contribution in [1.29, 1.82) is 0 Å². The van der Waals surface area contributed by atoms with E-state index < -0.39 is 0 Å². The van der Waals surface area contributed by atoms with Gasteiger partial charge in [0.2, 0.25) is 0 Å². The molecular weight excluding hydrogens is 329 g/mol. The Balaban J connectivity index is 1.55. The first-order valence-electron chi connectivity index (χ1n) is 7.40. The molecule has 0 aliphatic rings. The number of hydrogen-bond donors (Lipinski definition) is 1. The van der Waals surface area contributed by atoms with Crippen LogP contribution in [0.3, 0.4) is 0 Å². The molecule has 0 aliphatic heterocycles.